The molecule has 0 unspecified atom stereocenters. The van der Waals surface area contributed by atoms with Crippen LogP contribution in [0.15, 0.2) is 48.1 Å². The number of rotatable bonds is 11. The van der Waals surface area contributed by atoms with Crippen molar-refractivity contribution in [3.63, 3.8) is 0 Å². The number of ketones is 1. The highest BCUT2D eigenvalue weighted by Crippen LogP contribution is 2.32. The van der Waals surface area contributed by atoms with Crippen molar-refractivity contribution in [2.75, 3.05) is 31.1 Å². The average molecular weight is 535 g/mol. The monoisotopic (exact) mass is 534 g/mol. The number of fused-ring (bicyclic) bond motifs is 1. The van der Waals surface area contributed by atoms with Gasteiger partial charge in [0, 0.05) is 30.8 Å². The third-order valence-electron chi connectivity index (χ3n) is 7.43. The Kier molecular flexibility index (Phi) is 8.91. The van der Waals surface area contributed by atoms with E-state index in [1.165, 1.54) is 0 Å². The van der Waals surface area contributed by atoms with E-state index in [2.05, 4.69) is 35.7 Å². The van der Waals surface area contributed by atoms with Crippen LogP contribution in [0.3, 0.4) is 0 Å². The lowest BCUT2D eigenvalue weighted by Gasteiger charge is -2.41. The zero-order valence-electron chi connectivity index (χ0n) is 21.7. The van der Waals surface area contributed by atoms with Crippen molar-refractivity contribution in [1.29, 1.82) is 0 Å². The van der Waals surface area contributed by atoms with Gasteiger partial charge in [0.2, 0.25) is 0 Å². The first kappa shape index (κ1) is 27.9. The van der Waals surface area contributed by atoms with E-state index in [1.807, 2.05) is 41.9 Å². The van der Waals surface area contributed by atoms with Gasteiger partial charge >= 0.3 is 0 Å². The van der Waals surface area contributed by atoms with Crippen LogP contribution in [0.1, 0.15) is 57.8 Å². The lowest BCUT2D eigenvalue weighted by atomic mass is 10.00. The summed E-state index contributed by atoms with van der Waals surface area (Å²) in [6.07, 6.45) is 5.86. The van der Waals surface area contributed by atoms with Crippen molar-refractivity contribution in [2.45, 2.75) is 59.5 Å². The maximum atomic E-state index is 13.4. The van der Waals surface area contributed by atoms with E-state index in [9.17, 15) is 9.90 Å². The van der Waals surface area contributed by atoms with Crippen LogP contribution in [0.2, 0.25) is 0 Å². The molecule has 1 aliphatic heterocycles. The van der Waals surface area contributed by atoms with Gasteiger partial charge in [0.1, 0.15) is 5.82 Å². The fourth-order valence-electron chi connectivity index (χ4n) is 5.02. The number of thiophene rings is 1. The summed E-state index contributed by atoms with van der Waals surface area (Å²) in [5, 5.41) is 16.3. The summed E-state index contributed by atoms with van der Waals surface area (Å²) < 4.78 is 1.74. The molecule has 38 heavy (non-hydrogen) atoms. The first-order valence-corrected chi connectivity index (χ1v) is 14.0. The number of aliphatic hydroxyl groups is 1. The van der Waals surface area contributed by atoms with Crippen LogP contribution >= 0.6 is 11.3 Å². The quantitative estimate of drug-likeness (QED) is 0.257. The number of pyridine rings is 1. The number of nitrogens with zero attached hydrogens (tertiary/aromatic N) is 6. The summed E-state index contributed by atoms with van der Waals surface area (Å²) in [6, 6.07) is 10.1. The van der Waals surface area contributed by atoms with Crippen molar-refractivity contribution in [2.24, 2.45) is 0 Å². The molecule has 9 heteroatoms. The third kappa shape index (κ3) is 5.50. The molecule has 0 bridgehead atoms. The second-order valence-electron chi connectivity index (χ2n) is 9.57. The molecule has 1 N–H and O–H groups in total. The fraction of sp³-hybridized carbons (Fsp3) is 0.448. The number of anilines is 1. The Morgan fingerprint density at radius 3 is 2.68 bits per heavy atom. The minimum Gasteiger partial charge on any atom is -0.394 e. The highest BCUT2D eigenvalue weighted by Gasteiger charge is 2.29. The largest absolute Gasteiger partial charge is 0.394 e. The Balaban J connectivity index is 0.00000336. The smallest absolute Gasteiger partial charge is 0.165 e. The molecule has 4 aromatic heterocycles. The van der Waals surface area contributed by atoms with Crippen LogP contribution in [0.25, 0.3) is 27.5 Å². The predicted molar refractivity (Wildman–Crippen MR) is 155 cm³/mol. The molecule has 4 aromatic rings. The Labute approximate surface area is 229 Å². The van der Waals surface area contributed by atoms with Gasteiger partial charge in [-0.1, -0.05) is 27.3 Å². The van der Waals surface area contributed by atoms with Gasteiger partial charge in [-0.15, -0.1) is 11.3 Å². The predicted octanol–water partition coefficient (Wildman–Crippen LogP) is 5.42. The van der Waals surface area contributed by atoms with Crippen molar-refractivity contribution < 1.29 is 9.90 Å². The molecule has 0 aliphatic carbocycles. The SMILES string of the molecule is C.CCN(CC)[C@@H](C)CCC(=O)c1cc(-c2cnn3ccc(-c4cccs4)nc23)nc(N2CC[C@H]2CO)c1. The van der Waals surface area contributed by atoms with Crippen LogP contribution < -0.4 is 4.90 Å². The number of hydrogen-bond donors (Lipinski definition) is 1. The van der Waals surface area contributed by atoms with Crippen LogP contribution in [-0.4, -0.2) is 73.7 Å². The molecule has 1 saturated heterocycles. The summed E-state index contributed by atoms with van der Waals surface area (Å²) in [5.74, 6) is 0.824. The van der Waals surface area contributed by atoms with E-state index in [-0.39, 0.29) is 25.9 Å². The Morgan fingerprint density at radius 1 is 1.21 bits per heavy atom. The van der Waals surface area contributed by atoms with Crippen LogP contribution in [-0.2, 0) is 0 Å². The number of aromatic nitrogens is 4. The van der Waals surface area contributed by atoms with Gasteiger partial charge in [0.25, 0.3) is 0 Å². The van der Waals surface area contributed by atoms with Crippen LogP contribution in [0.5, 0.6) is 0 Å². The van der Waals surface area contributed by atoms with E-state index in [0.29, 0.717) is 29.4 Å². The van der Waals surface area contributed by atoms with E-state index < -0.39 is 0 Å². The lowest BCUT2D eigenvalue weighted by molar-refractivity contribution is 0.0964. The molecule has 202 valence electrons. The lowest BCUT2D eigenvalue weighted by Crippen LogP contribution is -2.50. The van der Waals surface area contributed by atoms with Gasteiger partial charge in [0.05, 0.1) is 40.7 Å². The second kappa shape index (κ2) is 12.1. The summed E-state index contributed by atoms with van der Waals surface area (Å²) in [7, 11) is 0. The zero-order valence-corrected chi connectivity index (χ0v) is 22.5. The molecular weight excluding hydrogens is 496 g/mol. The van der Waals surface area contributed by atoms with E-state index in [4.69, 9.17) is 9.97 Å². The Hall–Kier alpha value is -3.14. The normalized spacial score (nSPS) is 15.9. The molecule has 5 rings (SSSR count). The molecule has 0 aromatic carbocycles. The van der Waals surface area contributed by atoms with Crippen molar-refractivity contribution in [3.8, 4) is 21.8 Å². The molecule has 2 atom stereocenters. The van der Waals surface area contributed by atoms with E-state index in [0.717, 1.165) is 54.4 Å². The van der Waals surface area contributed by atoms with Gasteiger partial charge in [-0.3, -0.25) is 4.79 Å². The number of carbonyl (C=O) groups is 1. The van der Waals surface area contributed by atoms with Gasteiger partial charge in [-0.25, -0.2) is 14.5 Å². The van der Waals surface area contributed by atoms with E-state index in [1.54, 1.807) is 22.0 Å². The molecular formula is C29H38N6O2S. The van der Waals surface area contributed by atoms with Crippen molar-refractivity contribution in [3.05, 3.63) is 53.7 Å². The number of carbonyl (C=O) groups excluding carboxylic acids is 1. The summed E-state index contributed by atoms with van der Waals surface area (Å²) in [5.41, 5.74) is 3.68. The van der Waals surface area contributed by atoms with E-state index >= 15 is 0 Å². The molecule has 1 fully saturated rings. The third-order valence-corrected chi connectivity index (χ3v) is 8.32. The maximum Gasteiger partial charge on any atom is 0.165 e. The Bertz CT molecular complexity index is 1360. The molecule has 1 aliphatic rings. The van der Waals surface area contributed by atoms with Crippen LogP contribution in [0.4, 0.5) is 5.82 Å². The van der Waals surface area contributed by atoms with Gasteiger partial charge in [-0.2, -0.15) is 5.10 Å². The Morgan fingerprint density at radius 2 is 2.03 bits per heavy atom. The molecule has 8 nitrogen and oxygen atoms in total. The van der Waals surface area contributed by atoms with Crippen molar-refractivity contribution >= 4 is 28.6 Å². The highest BCUT2D eigenvalue weighted by atomic mass is 32.1. The summed E-state index contributed by atoms with van der Waals surface area (Å²) >= 11 is 1.64. The second-order valence-corrected chi connectivity index (χ2v) is 10.5. The topological polar surface area (TPSA) is 86.9 Å². The summed E-state index contributed by atoms with van der Waals surface area (Å²) in [6.45, 7) is 9.32. The maximum absolute atomic E-state index is 13.4. The zero-order chi connectivity index (χ0) is 25.9. The van der Waals surface area contributed by atoms with Crippen LogP contribution in [0, 0.1) is 0 Å². The van der Waals surface area contributed by atoms with Gasteiger partial charge < -0.3 is 14.9 Å². The highest BCUT2D eigenvalue weighted by molar-refractivity contribution is 7.13. The molecule has 0 radical (unpaired) electrons. The number of hydrogen-bond acceptors (Lipinski definition) is 8. The fourth-order valence-corrected chi connectivity index (χ4v) is 5.71. The average Bonchev–Trinajstić information content (AvgIpc) is 3.57. The molecule has 0 spiro atoms. The minimum atomic E-state index is 0. The van der Waals surface area contributed by atoms with Gasteiger partial charge in [0.15, 0.2) is 11.4 Å². The standard InChI is InChI=1S/C28H34N6O2S.CH4/c1-4-32(5-2)19(3)8-9-25(36)20-15-24(30-27(16-20)33-12-10-21(33)18-35)22-17-29-34-13-11-23(31-28(22)34)26-7-6-14-37-26;/h6-7,11,13-17,19,21,35H,4-5,8-10,12,18H2,1-3H3;1H4/t19-,21-;/m0./s1. The van der Waals surface area contributed by atoms with Crippen molar-refractivity contribution in [1.82, 2.24) is 24.5 Å². The molecule has 5 heterocycles. The first-order valence-electron chi connectivity index (χ1n) is 13.1. The molecule has 0 amide bonds. The first-order chi connectivity index (χ1) is 18.0. The minimum absolute atomic E-state index is 0. The number of aliphatic hydroxyl groups excluding tert-OH is 1. The summed E-state index contributed by atoms with van der Waals surface area (Å²) in [4.78, 5) is 28.8. The molecule has 0 saturated carbocycles. The number of Topliss-reactive ketones (excluding diaryl/α,β-unsaturated/α-hetero) is 1. The van der Waals surface area contributed by atoms with Gasteiger partial charge in [-0.05, 0) is 62.5 Å².